The van der Waals surface area contributed by atoms with Gasteiger partial charge < -0.3 is 42.5 Å². The summed E-state index contributed by atoms with van der Waals surface area (Å²) >= 11 is 0. The summed E-state index contributed by atoms with van der Waals surface area (Å²) in [6.07, 6.45) is 3.27. The fraction of sp³-hybridized carbons (Fsp3) is 0.519. The van der Waals surface area contributed by atoms with Crippen LogP contribution in [-0.2, 0) is 44.3 Å². The number of nitrogens with one attached hydrogen (secondary N) is 3. The van der Waals surface area contributed by atoms with Gasteiger partial charge in [0.1, 0.15) is 0 Å². The lowest BCUT2D eigenvalue weighted by Gasteiger charge is -2.24. The second-order valence-corrected chi connectivity index (χ2v) is 15.3. The van der Waals surface area contributed by atoms with E-state index in [-0.39, 0.29) is 24.9 Å². The molecule has 0 atom stereocenters. The number of rotatable bonds is 19. The van der Waals surface area contributed by atoms with E-state index in [0.717, 1.165) is 22.4 Å². The number of hydrogen-bond acceptors (Lipinski definition) is 9. The van der Waals surface area contributed by atoms with Crippen LogP contribution in [0.3, 0.4) is 0 Å². The molecule has 0 unspecified atom stereocenters. The molecule has 0 bridgehead atoms. The molecule has 1 heterocycles. The number of benzene rings is 1. The molecule has 228 valence electrons. The van der Waals surface area contributed by atoms with Gasteiger partial charge in [-0.25, -0.2) is 4.79 Å². The molecule has 0 saturated carbocycles. The Balaban J connectivity index is 1.89. The Hall–Kier alpha value is -2.70. The Labute approximate surface area is 245 Å². The van der Waals surface area contributed by atoms with Crippen molar-refractivity contribution in [3.63, 3.8) is 0 Å². The van der Waals surface area contributed by atoms with Crippen LogP contribution < -0.4 is 16.0 Å². The predicted molar refractivity (Wildman–Crippen MR) is 159 cm³/mol. The molecule has 0 aliphatic rings. The first-order valence-electron chi connectivity index (χ1n) is 13.4. The molecule has 3 amide bonds. The van der Waals surface area contributed by atoms with Gasteiger partial charge >= 0.3 is 23.6 Å². The van der Waals surface area contributed by atoms with Crippen molar-refractivity contribution in [1.82, 2.24) is 20.9 Å². The summed E-state index contributed by atoms with van der Waals surface area (Å²) in [5, 5.41) is 8.66. The smallest absolute Gasteiger partial charge is 0.377 e. The monoisotopic (exact) mass is 608 g/mol. The largest absolute Gasteiger partial charge is 0.500 e. The highest BCUT2D eigenvalue weighted by atomic mass is 28.4. The number of carbonyl (C=O) groups is 2. The quantitative estimate of drug-likeness (QED) is 0.162. The molecule has 0 aliphatic carbocycles. The standard InChI is InChI=1S/C27H44N4O8Si2/c1-34-40(35-2,36-3)17-9-15-29-26(32)20-22-11-7-12-23(19-22)24-13-8-14-28-25(24)21-31-27(33)30-16-10-18-41(37-4,38-5)39-6/h7-8,11-14,19H,9-10,15-18,20-21H2,1-6H3,(H,29,32)(H2,30,31,33). The first kappa shape index (κ1) is 34.5. The van der Waals surface area contributed by atoms with Crippen molar-refractivity contribution >= 4 is 29.5 Å². The van der Waals surface area contributed by atoms with E-state index in [0.29, 0.717) is 38.0 Å². The zero-order chi connectivity index (χ0) is 30.1. The third-order valence-electron chi connectivity index (χ3n) is 6.70. The van der Waals surface area contributed by atoms with Gasteiger partial charge in [0, 0.05) is 79.6 Å². The topological polar surface area (TPSA) is 138 Å². The maximum atomic E-state index is 12.6. The molecular formula is C27H44N4O8Si2. The van der Waals surface area contributed by atoms with Crippen LogP contribution in [0.25, 0.3) is 11.1 Å². The summed E-state index contributed by atoms with van der Waals surface area (Å²) in [5.74, 6) is -0.0761. The van der Waals surface area contributed by atoms with Crippen molar-refractivity contribution in [2.45, 2.75) is 37.9 Å². The third kappa shape index (κ3) is 10.9. The van der Waals surface area contributed by atoms with Crippen LogP contribution in [0.4, 0.5) is 4.79 Å². The lowest BCUT2D eigenvalue weighted by Crippen LogP contribution is -2.43. The van der Waals surface area contributed by atoms with E-state index in [4.69, 9.17) is 26.6 Å². The van der Waals surface area contributed by atoms with Crippen LogP contribution >= 0.6 is 0 Å². The maximum absolute atomic E-state index is 12.6. The molecule has 3 N–H and O–H groups in total. The van der Waals surface area contributed by atoms with Gasteiger partial charge in [0.05, 0.1) is 18.7 Å². The van der Waals surface area contributed by atoms with Crippen molar-refractivity contribution in [3.05, 3.63) is 53.9 Å². The van der Waals surface area contributed by atoms with E-state index < -0.39 is 17.6 Å². The SMILES string of the molecule is CO[Si](CCCNC(=O)Cc1cccc(-c2cccnc2CNC(=O)NCCC[Si](OC)(OC)OC)c1)(OC)OC. The zero-order valence-corrected chi connectivity index (χ0v) is 26.9. The van der Waals surface area contributed by atoms with Gasteiger partial charge in [0.25, 0.3) is 0 Å². The highest BCUT2D eigenvalue weighted by molar-refractivity contribution is 6.60. The maximum Gasteiger partial charge on any atom is 0.500 e. The summed E-state index contributed by atoms with van der Waals surface area (Å²) in [6, 6.07) is 12.5. The van der Waals surface area contributed by atoms with Gasteiger partial charge in [-0.2, -0.15) is 0 Å². The number of carbonyl (C=O) groups excluding carboxylic acids is 2. The lowest BCUT2D eigenvalue weighted by molar-refractivity contribution is -0.120. The molecule has 12 nitrogen and oxygen atoms in total. The summed E-state index contributed by atoms with van der Waals surface area (Å²) in [5.41, 5.74) is 3.39. The molecule has 2 aromatic rings. The van der Waals surface area contributed by atoms with Crippen molar-refractivity contribution < 1.29 is 36.1 Å². The molecule has 0 fully saturated rings. The van der Waals surface area contributed by atoms with Gasteiger partial charge in [-0.3, -0.25) is 9.78 Å². The molecule has 1 aromatic heterocycles. The van der Waals surface area contributed by atoms with Crippen molar-refractivity contribution in [2.75, 3.05) is 55.7 Å². The molecular weight excluding hydrogens is 564 g/mol. The van der Waals surface area contributed by atoms with Gasteiger partial charge in [-0.1, -0.05) is 30.3 Å². The molecule has 14 heteroatoms. The van der Waals surface area contributed by atoms with Crippen LogP contribution in [0.2, 0.25) is 12.1 Å². The van der Waals surface area contributed by atoms with E-state index in [1.807, 2.05) is 36.4 Å². The molecule has 0 saturated heterocycles. The van der Waals surface area contributed by atoms with Crippen molar-refractivity contribution in [2.24, 2.45) is 0 Å². The summed E-state index contributed by atoms with van der Waals surface area (Å²) in [7, 11) is 4.11. The lowest BCUT2D eigenvalue weighted by atomic mass is 10.00. The fourth-order valence-corrected chi connectivity index (χ4v) is 7.76. The average Bonchev–Trinajstić information content (AvgIpc) is 3.01. The number of urea groups is 1. The van der Waals surface area contributed by atoms with E-state index in [1.165, 1.54) is 0 Å². The van der Waals surface area contributed by atoms with Gasteiger partial charge in [-0.15, -0.1) is 0 Å². The summed E-state index contributed by atoms with van der Waals surface area (Å²) < 4.78 is 32.5. The van der Waals surface area contributed by atoms with Crippen LogP contribution in [-0.4, -0.2) is 90.3 Å². The first-order valence-corrected chi connectivity index (χ1v) is 17.3. The Bertz CT molecular complexity index is 1070. The van der Waals surface area contributed by atoms with Crippen LogP contribution in [0.5, 0.6) is 0 Å². The second-order valence-electron chi connectivity index (χ2n) is 9.13. The molecule has 1 aromatic carbocycles. The van der Waals surface area contributed by atoms with Crippen LogP contribution in [0.1, 0.15) is 24.1 Å². The number of aromatic nitrogens is 1. The minimum Gasteiger partial charge on any atom is -0.377 e. The third-order valence-corrected chi connectivity index (χ3v) is 12.4. The number of pyridine rings is 1. The molecule has 2 rings (SSSR count). The number of amides is 3. The average molecular weight is 609 g/mol. The molecule has 0 aliphatic heterocycles. The molecule has 0 radical (unpaired) electrons. The Morgan fingerprint density at radius 3 is 1.93 bits per heavy atom. The van der Waals surface area contributed by atoms with Crippen LogP contribution in [0.15, 0.2) is 42.6 Å². The predicted octanol–water partition coefficient (Wildman–Crippen LogP) is 2.74. The number of hydrogen-bond donors (Lipinski definition) is 3. The van der Waals surface area contributed by atoms with Crippen molar-refractivity contribution in [3.8, 4) is 11.1 Å². The first-order chi connectivity index (χ1) is 19.8. The highest BCUT2D eigenvalue weighted by Crippen LogP contribution is 2.23. The van der Waals surface area contributed by atoms with Gasteiger partial charge in [0.2, 0.25) is 5.91 Å². The minimum atomic E-state index is -2.66. The highest BCUT2D eigenvalue weighted by Gasteiger charge is 2.37. The van der Waals surface area contributed by atoms with E-state index in [9.17, 15) is 9.59 Å². The Morgan fingerprint density at radius 1 is 0.756 bits per heavy atom. The van der Waals surface area contributed by atoms with E-state index in [2.05, 4.69) is 20.9 Å². The normalized spacial score (nSPS) is 11.8. The Kier molecular flexibility index (Phi) is 15.1. The van der Waals surface area contributed by atoms with Gasteiger partial charge in [-0.05, 0) is 30.0 Å². The fourth-order valence-electron chi connectivity index (χ4n) is 4.32. The minimum absolute atomic E-state index is 0.0761. The van der Waals surface area contributed by atoms with E-state index in [1.54, 1.807) is 48.9 Å². The molecule has 0 spiro atoms. The zero-order valence-electron chi connectivity index (χ0n) is 24.9. The summed E-state index contributed by atoms with van der Waals surface area (Å²) in [6.45, 7) is 1.19. The second kappa shape index (κ2) is 18.0. The van der Waals surface area contributed by atoms with Crippen LogP contribution in [0, 0.1) is 0 Å². The van der Waals surface area contributed by atoms with E-state index >= 15 is 0 Å². The van der Waals surface area contributed by atoms with Crippen molar-refractivity contribution in [1.29, 1.82) is 0 Å². The summed E-state index contributed by atoms with van der Waals surface area (Å²) in [4.78, 5) is 29.4. The Morgan fingerprint density at radius 2 is 1.34 bits per heavy atom. The molecule has 41 heavy (non-hydrogen) atoms. The number of nitrogens with zero attached hydrogens (tertiary/aromatic N) is 1. The van der Waals surface area contributed by atoms with Gasteiger partial charge in [0.15, 0.2) is 0 Å².